The van der Waals surface area contributed by atoms with E-state index in [9.17, 15) is 0 Å². The van der Waals surface area contributed by atoms with Crippen LogP contribution in [0.25, 0.3) is 0 Å². The molecule has 1 aliphatic rings. The molecule has 0 atom stereocenters. The van der Waals surface area contributed by atoms with Crippen LogP contribution in [0.3, 0.4) is 0 Å². The lowest BCUT2D eigenvalue weighted by atomic mass is 10.1. The van der Waals surface area contributed by atoms with Crippen LogP contribution < -0.4 is 10.6 Å². The SMILES string of the molecule is CN(C)Cc1cccc(Nc2ncc3c(n2)CNCC3)c1. The maximum atomic E-state index is 4.60. The second kappa shape index (κ2) is 6.20. The fraction of sp³-hybridized carbons (Fsp3) is 0.375. The molecule has 0 bridgehead atoms. The van der Waals surface area contributed by atoms with Crippen molar-refractivity contribution >= 4 is 11.6 Å². The smallest absolute Gasteiger partial charge is 0.227 e. The van der Waals surface area contributed by atoms with E-state index in [2.05, 4.69) is 57.8 Å². The molecule has 5 heteroatoms. The minimum atomic E-state index is 0.666. The molecule has 2 N–H and O–H groups in total. The van der Waals surface area contributed by atoms with E-state index < -0.39 is 0 Å². The number of nitrogens with zero attached hydrogens (tertiary/aromatic N) is 3. The molecule has 0 fully saturated rings. The van der Waals surface area contributed by atoms with Crippen molar-refractivity contribution in [1.82, 2.24) is 20.2 Å². The summed E-state index contributed by atoms with van der Waals surface area (Å²) in [4.78, 5) is 11.2. The van der Waals surface area contributed by atoms with Crippen LogP contribution in [0.5, 0.6) is 0 Å². The van der Waals surface area contributed by atoms with E-state index in [0.717, 1.165) is 37.4 Å². The Morgan fingerprint density at radius 3 is 3.10 bits per heavy atom. The predicted molar refractivity (Wildman–Crippen MR) is 84.6 cm³/mol. The number of hydrogen-bond donors (Lipinski definition) is 2. The Morgan fingerprint density at radius 2 is 2.24 bits per heavy atom. The average molecular weight is 283 g/mol. The lowest BCUT2D eigenvalue weighted by molar-refractivity contribution is 0.402. The van der Waals surface area contributed by atoms with Gasteiger partial charge in [-0.2, -0.15) is 0 Å². The second-order valence-electron chi connectivity index (χ2n) is 5.66. The van der Waals surface area contributed by atoms with E-state index in [-0.39, 0.29) is 0 Å². The summed E-state index contributed by atoms with van der Waals surface area (Å²) in [6.07, 6.45) is 2.95. The normalized spacial score (nSPS) is 14.0. The first-order chi connectivity index (χ1) is 10.2. The van der Waals surface area contributed by atoms with Gasteiger partial charge in [0.25, 0.3) is 0 Å². The molecule has 1 aliphatic heterocycles. The topological polar surface area (TPSA) is 53.1 Å². The third-order valence-corrected chi connectivity index (χ3v) is 3.50. The van der Waals surface area contributed by atoms with Crippen molar-refractivity contribution in [2.24, 2.45) is 0 Å². The van der Waals surface area contributed by atoms with Gasteiger partial charge >= 0.3 is 0 Å². The Kier molecular flexibility index (Phi) is 4.13. The highest BCUT2D eigenvalue weighted by molar-refractivity contribution is 5.54. The number of aromatic nitrogens is 2. The lowest BCUT2D eigenvalue weighted by Crippen LogP contribution is -2.25. The second-order valence-corrected chi connectivity index (χ2v) is 5.66. The lowest BCUT2D eigenvalue weighted by Gasteiger charge is -2.16. The number of anilines is 2. The van der Waals surface area contributed by atoms with Crippen molar-refractivity contribution in [3.8, 4) is 0 Å². The molecule has 2 heterocycles. The largest absolute Gasteiger partial charge is 0.324 e. The van der Waals surface area contributed by atoms with Gasteiger partial charge in [-0.3, -0.25) is 0 Å². The number of rotatable bonds is 4. The Labute approximate surface area is 125 Å². The molecule has 0 amide bonds. The summed E-state index contributed by atoms with van der Waals surface area (Å²) in [7, 11) is 4.14. The van der Waals surface area contributed by atoms with Gasteiger partial charge < -0.3 is 15.5 Å². The summed E-state index contributed by atoms with van der Waals surface area (Å²) >= 11 is 0. The molecule has 5 nitrogen and oxygen atoms in total. The first-order valence-electron chi connectivity index (χ1n) is 7.27. The minimum absolute atomic E-state index is 0.666. The third-order valence-electron chi connectivity index (χ3n) is 3.50. The Balaban J connectivity index is 1.77. The Hall–Kier alpha value is -1.98. The van der Waals surface area contributed by atoms with Gasteiger partial charge in [0.2, 0.25) is 5.95 Å². The summed E-state index contributed by atoms with van der Waals surface area (Å²) in [5.74, 6) is 0.666. The van der Waals surface area contributed by atoms with E-state index >= 15 is 0 Å². The monoisotopic (exact) mass is 283 g/mol. The van der Waals surface area contributed by atoms with Gasteiger partial charge in [-0.1, -0.05) is 12.1 Å². The van der Waals surface area contributed by atoms with Gasteiger partial charge in [0, 0.05) is 25.0 Å². The molecule has 0 spiro atoms. The highest BCUT2D eigenvalue weighted by atomic mass is 15.1. The van der Waals surface area contributed by atoms with E-state index in [1.165, 1.54) is 11.1 Å². The maximum absolute atomic E-state index is 4.60. The fourth-order valence-corrected chi connectivity index (χ4v) is 2.54. The highest BCUT2D eigenvalue weighted by Gasteiger charge is 2.11. The highest BCUT2D eigenvalue weighted by Crippen LogP contribution is 2.18. The van der Waals surface area contributed by atoms with Crippen molar-refractivity contribution in [2.45, 2.75) is 19.5 Å². The Morgan fingerprint density at radius 1 is 1.33 bits per heavy atom. The summed E-state index contributed by atoms with van der Waals surface area (Å²) in [5.41, 5.74) is 4.64. The van der Waals surface area contributed by atoms with Crippen LogP contribution in [0.1, 0.15) is 16.8 Å². The van der Waals surface area contributed by atoms with Crippen molar-refractivity contribution in [1.29, 1.82) is 0 Å². The molecule has 0 aliphatic carbocycles. The Bertz CT molecular complexity index is 624. The quantitative estimate of drug-likeness (QED) is 0.898. The molecule has 0 saturated carbocycles. The van der Waals surface area contributed by atoms with Crippen molar-refractivity contribution in [3.63, 3.8) is 0 Å². The van der Waals surface area contributed by atoms with E-state index in [1.807, 2.05) is 12.3 Å². The molecule has 21 heavy (non-hydrogen) atoms. The predicted octanol–water partition coefficient (Wildman–Crippen LogP) is 1.93. The van der Waals surface area contributed by atoms with Gasteiger partial charge in [-0.25, -0.2) is 9.97 Å². The zero-order valence-electron chi connectivity index (χ0n) is 12.6. The van der Waals surface area contributed by atoms with Crippen LogP contribution in [0.4, 0.5) is 11.6 Å². The number of nitrogens with one attached hydrogen (secondary N) is 2. The van der Waals surface area contributed by atoms with Crippen LogP contribution in [-0.4, -0.2) is 35.5 Å². The molecule has 2 aromatic rings. The van der Waals surface area contributed by atoms with Gasteiger partial charge in [0.1, 0.15) is 0 Å². The molecule has 3 rings (SSSR count). The van der Waals surface area contributed by atoms with Crippen LogP contribution in [0, 0.1) is 0 Å². The molecule has 0 radical (unpaired) electrons. The summed E-state index contributed by atoms with van der Waals surface area (Å²) in [6, 6.07) is 8.37. The first kappa shape index (κ1) is 14.0. The van der Waals surface area contributed by atoms with Crippen molar-refractivity contribution in [2.75, 3.05) is 26.0 Å². The number of benzene rings is 1. The zero-order valence-corrected chi connectivity index (χ0v) is 12.6. The molecule has 0 saturated heterocycles. The summed E-state index contributed by atoms with van der Waals surface area (Å²) in [5, 5.41) is 6.64. The van der Waals surface area contributed by atoms with Gasteiger partial charge in [0.05, 0.1) is 5.69 Å². The summed E-state index contributed by atoms with van der Waals surface area (Å²) < 4.78 is 0. The number of fused-ring (bicyclic) bond motifs is 1. The molecular weight excluding hydrogens is 262 g/mol. The molecule has 1 aromatic carbocycles. The molecule has 110 valence electrons. The number of hydrogen-bond acceptors (Lipinski definition) is 5. The standard InChI is InChI=1S/C16H21N5/c1-21(2)11-12-4-3-5-14(8-12)19-16-18-9-13-6-7-17-10-15(13)20-16/h3-5,8-9,17H,6-7,10-11H2,1-2H3,(H,18,19,20). The summed E-state index contributed by atoms with van der Waals surface area (Å²) in [6.45, 7) is 2.76. The van der Waals surface area contributed by atoms with E-state index in [4.69, 9.17) is 0 Å². The molecular formula is C16H21N5. The zero-order chi connectivity index (χ0) is 14.7. The first-order valence-corrected chi connectivity index (χ1v) is 7.27. The third kappa shape index (κ3) is 3.56. The van der Waals surface area contributed by atoms with Crippen molar-refractivity contribution in [3.05, 3.63) is 47.3 Å². The van der Waals surface area contributed by atoms with E-state index in [1.54, 1.807) is 0 Å². The minimum Gasteiger partial charge on any atom is -0.324 e. The van der Waals surface area contributed by atoms with Crippen LogP contribution in [0.2, 0.25) is 0 Å². The molecule has 1 aromatic heterocycles. The van der Waals surface area contributed by atoms with Crippen LogP contribution >= 0.6 is 0 Å². The maximum Gasteiger partial charge on any atom is 0.227 e. The van der Waals surface area contributed by atoms with Crippen molar-refractivity contribution < 1.29 is 0 Å². The van der Waals surface area contributed by atoms with Gasteiger partial charge in [0.15, 0.2) is 0 Å². The van der Waals surface area contributed by atoms with Gasteiger partial charge in [-0.05, 0) is 50.3 Å². The molecule has 0 unspecified atom stereocenters. The average Bonchev–Trinajstić information content (AvgIpc) is 2.47. The van der Waals surface area contributed by atoms with Crippen LogP contribution in [-0.2, 0) is 19.5 Å². The van der Waals surface area contributed by atoms with E-state index in [0.29, 0.717) is 5.95 Å². The fourth-order valence-electron chi connectivity index (χ4n) is 2.54. The van der Waals surface area contributed by atoms with Gasteiger partial charge in [-0.15, -0.1) is 0 Å². The van der Waals surface area contributed by atoms with Crippen LogP contribution in [0.15, 0.2) is 30.5 Å².